The summed E-state index contributed by atoms with van der Waals surface area (Å²) < 4.78 is 10.6. The molecular formula is C21H19N3O3. The molecule has 0 aliphatic carbocycles. The summed E-state index contributed by atoms with van der Waals surface area (Å²) in [5.74, 6) is 1.29. The quantitative estimate of drug-likeness (QED) is 0.519. The maximum absolute atomic E-state index is 12.3. The number of aromatic nitrogens is 3. The lowest BCUT2D eigenvalue weighted by Crippen LogP contribution is -2.33. The van der Waals surface area contributed by atoms with Gasteiger partial charge in [-0.1, -0.05) is 24.3 Å². The zero-order chi connectivity index (χ0) is 18.8. The normalized spacial score (nSPS) is 12.7. The van der Waals surface area contributed by atoms with Crippen molar-refractivity contribution in [1.82, 2.24) is 15.2 Å². The van der Waals surface area contributed by atoms with Crippen molar-refractivity contribution in [2.45, 2.75) is 0 Å². The average molecular weight is 361 g/mol. The van der Waals surface area contributed by atoms with Crippen LogP contribution >= 0.6 is 0 Å². The molecule has 2 aromatic heterocycles. The molecular weight excluding hydrogens is 342 g/mol. The van der Waals surface area contributed by atoms with Crippen LogP contribution in [0.3, 0.4) is 0 Å². The Labute approximate surface area is 154 Å². The Morgan fingerprint density at radius 1 is 0.926 bits per heavy atom. The topological polar surface area (TPSA) is 82.9 Å². The number of methoxy groups -OCH3 is 2. The van der Waals surface area contributed by atoms with Crippen molar-refractivity contribution in [3.8, 4) is 11.5 Å². The molecule has 2 aromatic carbocycles. The van der Waals surface area contributed by atoms with E-state index in [1.54, 1.807) is 14.2 Å². The van der Waals surface area contributed by atoms with Crippen molar-refractivity contribution < 1.29 is 9.47 Å². The fourth-order valence-electron chi connectivity index (χ4n) is 3.12. The molecule has 27 heavy (non-hydrogen) atoms. The van der Waals surface area contributed by atoms with Crippen LogP contribution in [0, 0.1) is 0 Å². The number of nitrogens with one attached hydrogen (secondary N) is 3. The SMILES string of the molecule is COc1ccc(C=c2[nH][nH]c(=O)c2=Cc2c[nH]c3ccccc23)cc1OC. The molecule has 0 saturated heterocycles. The third kappa shape index (κ3) is 3.13. The van der Waals surface area contributed by atoms with Crippen LogP contribution in [0.5, 0.6) is 11.5 Å². The van der Waals surface area contributed by atoms with Crippen LogP contribution in [0.15, 0.2) is 53.5 Å². The van der Waals surface area contributed by atoms with Crippen LogP contribution in [-0.2, 0) is 0 Å². The number of aromatic amines is 3. The molecule has 0 fully saturated rings. The van der Waals surface area contributed by atoms with Gasteiger partial charge < -0.3 is 14.5 Å². The third-order valence-corrected chi connectivity index (χ3v) is 4.49. The number of rotatable bonds is 4. The molecule has 0 spiro atoms. The molecule has 0 amide bonds. The van der Waals surface area contributed by atoms with Gasteiger partial charge in [-0.3, -0.25) is 15.0 Å². The summed E-state index contributed by atoms with van der Waals surface area (Å²) in [6, 6.07) is 13.6. The average Bonchev–Trinajstić information content (AvgIpc) is 3.26. The van der Waals surface area contributed by atoms with Crippen LogP contribution in [0.1, 0.15) is 11.1 Å². The van der Waals surface area contributed by atoms with E-state index in [1.165, 1.54) is 0 Å². The van der Waals surface area contributed by atoms with Gasteiger partial charge in [0.1, 0.15) is 0 Å². The van der Waals surface area contributed by atoms with Gasteiger partial charge in [0.15, 0.2) is 11.5 Å². The Kier molecular flexibility index (Phi) is 4.30. The molecule has 3 N–H and O–H groups in total. The van der Waals surface area contributed by atoms with Gasteiger partial charge in [0, 0.05) is 22.7 Å². The first-order valence-electron chi connectivity index (χ1n) is 8.48. The van der Waals surface area contributed by atoms with Gasteiger partial charge in [0.2, 0.25) is 0 Å². The molecule has 4 aromatic rings. The second-order valence-corrected chi connectivity index (χ2v) is 6.10. The molecule has 0 atom stereocenters. The summed E-state index contributed by atoms with van der Waals surface area (Å²) in [5, 5.41) is 7.92. The summed E-state index contributed by atoms with van der Waals surface area (Å²) >= 11 is 0. The number of ether oxygens (including phenoxy) is 2. The number of benzene rings is 2. The second-order valence-electron chi connectivity index (χ2n) is 6.10. The summed E-state index contributed by atoms with van der Waals surface area (Å²) in [6.45, 7) is 0. The van der Waals surface area contributed by atoms with Crippen molar-refractivity contribution in [2.24, 2.45) is 0 Å². The predicted octanol–water partition coefficient (Wildman–Crippen LogP) is 1.86. The number of hydrogen-bond donors (Lipinski definition) is 3. The predicted molar refractivity (Wildman–Crippen MR) is 106 cm³/mol. The minimum absolute atomic E-state index is 0.174. The Balaban J connectivity index is 1.87. The van der Waals surface area contributed by atoms with Crippen LogP contribution in [-0.4, -0.2) is 29.4 Å². The molecule has 0 radical (unpaired) electrons. The maximum atomic E-state index is 12.3. The van der Waals surface area contributed by atoms with Crippen molar-refractivity contribution in [3.05, 3.63) is 80.7 Å². The molecule has 0 unspecified atom stereocenters. The van der Waals surface area contributed by atoms with Crippen LogP contribution in [0.2, 0.25) is 0 Å². The Hall–Kier alpha value is -3.67. The maximum Gasteiger partial charge on any atom is 0.271 e. The van der Waals surface area contributed by atoms with Crippen molar-refractivity contribution in [2.75, 3.05) is 14.2 Å². The highest BCUT2D eigenvalue weighted by Gasteiger charge is 2.05. The van der Waals surface area contributed by atoms with Crippen molar-refractivity contribution >= 4 is 23.1 Å². The molecule has 0 saturated carbocycles. The van der Waals surface area contributed by atoms with Gasteiger partial charge in [0.25, 0.3) is 5.56 Å². The minimum atomic E-state index is -0.174. The highest BCUT2D eigenvalue weighted by atomic mass is 16.5. The first-order chi connectivity index (χ1) is 13.2. The fourth-order valence-corrected chi connectivity index (χ4v) is 3.12. The van der Waals surface area contributed by atoms with Gasteiger partial charge >= 0.3 is 0 Å². The molecule has 4 rings (SSSR count). The largest absolute Gasteiger partial charge is 0.493 e. The molecule has 6 heteroatoms. The smallest absolute Gasteiger partial charge is 0.271 e. The lowest BCUT2D eigenvalue weighted by Gasteiger charge is -2.07. The Bertz CT molecular complexity index is 1280. The van der Waals surface area contributed by atoms with Gasteiger partial charge in [-0.05, 0) is 35.9 Å². The number of hydrogen-bond acceptors (Lipinski definition) is 3. The lowest BCUT2D eigenvalue weighted by molar-refractivity contribution is 0.355. The van der Waals surface area contributed by atoms with E-state index in [9.17, 15) is 4.79 Å². The monoisotopic (exact) mass is 361 g/mol. The van der Waals surface area contributed by atoms with Gasteiger partial charge in [-0.25, -0.2) is 0 Å². The van der Waals surface area contributed by atoms with E-state index >= 15 is 0 Å². The molecule has 136 valence electrons. The van der Waals surface area contributed by atoms with E-state index in [0.29, 0.717) is 22.1 Å². The van der Waals surface area contributed by atoms with E-state index in [1.807, 2.05) is 60.8 Å². The number of para-hydroxylation sites is 1. The first-order valence-corrected chi connectivity index (χ1v) is 8.48. The van der Waals surface area contributed by atoms with E-state index in [2.05, 4.69) is 15.2 Å². The van der Waals surface area contributed by atoms with Gasteiger partial charge in [0.05, 0.1) is 24.8 Å². The van der Waals surface area contributed by atoms with E-state index in [4.69, 9.17) is 9.47 Å². The second kappa shape index (κ2) is 6.92. The fraction of sp³-hybridized carbons (Fsp3) is 0.0952. The third-order valence-electron chi connectivity index (χ3n) is 4.49. The highest BCUT2D eigenvalue weighted by molar-refractivity contribution is 5.88. The molecule has 2 heterocycles. The van der Waals surface area contributed by atoms with Crippen molar-refractivity contribution in [1.29, 1.82) is 0 Å². The number of fused-ring (bicyclic) bond motifs is 1. The van der Waals surface area contributed by atoms with Crippen LogP contribution in [0.4, 0.5) is 0 Å². The van der Waals surface area contributed by atoms with E-state index in [0.717, 1.165) is 22.0 Å². The van der Waals surface area contributed by atoms with Crippen molar-refractivity contribution in [3.63, 3.8) is 0 Å². The lowest BCUT2D eigenvalue weighted by atomic mass is 10.1. The summed E-state index contributed by atoms with van der Waals surface area (Å²) in [5.41, 5.74) is 2.70. The van der Waals surface area contributed by atoms with E-state index in [-0.39, 0.29) is 5.56 Å². The molecule has 0 aliphatic rings. The Morgan fingerprint density at radius 3 is 2.56 bits per heavy atom. The van der Waals surface area contributed by atoms with Gasteiger partial charge in [-0.15, -0.1) is 0 Å². The highest BCUT2D eigenvalue weighted by Crippen LogP contribution is 2.27. The van der Waals surface area contributed by atoms with Crippen LogP contribution < -0.4 is 25.6 Å². The summed E-state index contributed by atoms with van der Waals surface area (Å²) in [4.78, 5) is 15.5. The summed E-state index contributed by atoms with van der Waals surface area (Å²) in [6.07, 6.45) is 5.67. The minimum Gasteiger partial charge on any atom is -0.493 e. The summed E-state index contributed by atoms with van der Waals surface area (Å²) in [7, 11) is 3.19. The Morgan fingerprint density at radius 2 is 1.74 bits per heavy atom. The standard InChI is InChI=1S/C21H19N3O3/c1-26-19-8-7-13(10-20(19)27-2)9-18-16(21(25)24-23-18)11-14-12-22-17-6-4-3-5-15(14)17/h3-12,22-23H,1-2H3,(H,24,25). The number of H-pyrrole nitrogens is 3. The zero-order valence-corrected chi connectivity index (χ0v) is 15.0. The zero-order valence-electron chi connectivity index (χ0n) is 15.0. The van der Waals surface area contributed by atoms with Crippen LogP contribution in [0.25, 0.3) is 23.1 Å². The first kappa shape index (κ1) is 16.8. The molecule has 0 bridgehead atoms. The molecule has 6 nitrogen and oxygen atoms in total. The molecule has 0 aliphatic heterocycles. The van der Waals surface area contributed by atoms with E-state index < -0.39 is 0 Å². The van der Waals surface area contributed by atoms with Gasteiger partial charge in [-0.2, -0.15) is 0 Å².